The van der Waals surface area contributed by atoms with E-state index in [0.717, 1.165) is 19.3 Å². The second-order valence-corrected chi connectivity index (χ2v) is 4.09. The van der Waals surface area contributed by atoms with E-state index in [0.29, 0.717) is 19.3 Å². The van der Waals surface area contributed by atoms with E-state index in [2.05, 4.69) is 0 Å². The molecule has 0 aromatic heterocycles. The molecule has 0 saturated heterocycles. The topological polar surface area (TPSA) is 43.4 Å². The number of carbonyl (C=O) groups is 2. The van der Waals surface area contributed by atoms with Crippen molar-refractivity contribution in [2.75, 3.05) is 0 Å². The molecule has 1 aliphatic rings. The molecule has 80 valence electrons. The van der Waals surface area contributed by atoms with Gasteiger partial charge < -0.3 is 4.74 Å². The average Bonchev–Trinajstić information content (AvgIpc) is 2.10. The number of Topliss-reactive ketones (excluding diaryl/α,β-unsaturated/α-hetero) is 1. The van der Waals surface area contributed by atoms with Crippen LogP contribution in [0.4, 0.5) is 0 Å². The van der Waals surface area contributed by atoms with Gasteiger partial charge in [0.1, 0.15) is 0 Å². The molecule has 1 fully saturated rings. The van der Waals surface area contributed by atoms with Gasteiger partial charge in [0.2, 0.25) is 0 Å². The van der Waals surface area contributed by atoms with E-state index >= 15 is 0 Å². The fourth-order valence-electron chi connectivity index (χ4n) is 1.77. The normalized spacial score (nSPS) is 27.4. The molecule has 0 bridgehead atoms. The van der Waals surface area contributed by atoms with Crippen LogP contribution in [-0.4, -0.2) is 17.4 Å². The predicted molar refractivity (Wildman–Crippen MR) is 52.9 cm³/mol. The molecule has 1 atom stereocenters. The number of hydrogen-bond donors (Lipinski definition) is 0. The first-order chi connectivity index (χ1) is 6.58. The fraction of sp³-hybridized carbons (Fsp3) is 0.818. The van der Waals surface area contributed by atoms with Crippen LogP contribution in [0.2, 0.25) is 0 Å². The fourth-order valence-corrected chi connectivity index (χ4v) is 1.77. The molecule has 0 heterocycles. The van der Waals surface area contributed by atoms with Gasteiger partial charge in [0.05, 0.1) is 0 Å². The summed E-state index contributed by atoms with van der Waals surface area (Å²) in [6, 6.07) is 0. The van der Waals surface area contributed by atoms with Crippen molar-refractivity contribution in [3.63, 3.8) is 0 Å². The maximum atomic E-state index is 11.6. The average molecular weight is 198 g/mol. The zero-order chi connectivity index (χ0) is 10.6. The van der Waals surface area contributed by atoms with Gasteiger partial charge in [0, 0.05) is 12.8 Å². The van der Waals surface area contributed by atoms with Gasteiger partial charge in [-0.2, -0.15) is 0 Å². The molecule has 0 N–H and O–H groups in total. The smallest absolute Gasteiger partial charge is 0.306 e. The summed E-state index contributed by atoms with van der Waals surface area (Å²) in [5.74, 6) is -0.168. The highest BCUT2D eigenvalue weighted by Crippen LogP contribution is 2.28. The third-order valence-corrected chi connectivity index (χ3v) is 2.69. The van der Waals surface area contributed by atoms with Gasteiger partial charge in [-0.25, -0.2) is 0 Å². The Labute approximate surface area is 84.8 Å². The molecular weight excluding hydrogens is 180 g/mol. The van der Waals surface area contributed by atoms with E-state index in [-0.39, 0.29) is 11.8 Å². The van der Waals surface area contributed by atoms with Gasteiger partial charge in [-0.05, 0) is 32.6 Å². The lowest BCUT2D eigenvalue weighted by atomic mass is 9.85. The van der Waals surface area contributed by atoms with E-state index < -0.39 is 5.60 Å². The van der Waals surface area contributed by atoms with Crippen LogP contribution in [0.15, 0.2) is 0 Å². The maximum absolute atomic E-state index is 11.6. The first-order valence-electron chi connectivity index (χ1n) is 5.33. The molecule has 0 aromatic rings. The summed E-state index contributed by atoms with van der Waals surface area (Å²) in [6.07, 6.45) is 4.31. The molecule has 1 unspecified atom stereocenters. The van der Waals surface area contributed by atoms with Crippen molar-refractivity contribution in [3.05, 3.63) is 0 Å². The van der Waals surface area contributed by atoms with Crippen molar-refractivity contribution in [1.82, 2.24) is 0 Å². The zero-order valence-electron chi connectivity index (χ0n) is 8.97. The molecule has 0 aliphatic heterocycles. The molecule has 0 radical (unpaired) electrons. The van der Waals surface area contributed by atoms with Crippen LogP contribution in [0.3, 0.4) is 0 Å². The Morgan fingerprint density at radius 3 is 2.79 bits per heavy atom. The van der Waals surface area contributed by atoms with E-state index in [1.54, 1.807) is 6.92 Å². The Bertz CT molecular complexity index is 235. The van der Waals surface area contributed by atoms with Crippen LogP contribution in [0, 0.1) is 0 Å². The Morgan fingerprint density at radius 2 is 2.21 bits per heavy atom. The number of ether oxygens (including phenoxy) is 1. The van der Waals surface area contributed by atoms with Crippen LogP contribution in [0.1, 0.15) is 52.4 Å². The van der Waals surface area contributed by atoms with Crippen LogP contribution in [0.5, 0.6) is 0 Å². The Morgan fingerprint density at radius 1 is 1.50 bits per heavy atom. The van der Waals surface area contributed by atoms with Crippen LogP contribution in [-0.2, 0) is 14.3 Å². The second-order valence-electron chi connectivity index (χ2n) is 4.09. The highest BCUT2D eigenvalue weighted by Gasteiger charge is 2.38. The minimum Gasteiger partial charge on any atom is -0.451 e. The molecule has 1 rings (SSSR count). The Hall–Kier alpha value is -0.860. The van der Waals surface area contributed by atoms with Gasteiger partial charge >= 0.3 is 5.97 Å². The molecule has 0 aromatic carbocycles. The number of ketones is 1. The standard InChI is InChI=1S/C11H18O3/c1-3-6-10(13)14-11(2)8-5-4-7-9(11)12/h3-8H2,1-2H3. The lowest BCUT2D eigenvalue weighted by Gasteiger charge is -2.31. The van der Waals surface area contributed by atoms with Crippen LogP contribution >= 0.6 is 0 Å². The molecule has 0 spiro atoms. The van der Waals surface area contributed by atoms with E-state index in [9.17, 15) is 9.59 Å². The van der Waals surface area contributed by atoms with Crippen molar-refractivity contribution in [1.29, 1.82) is 0 Å². The molecule has 3 heteroatoms. The molecule has 1 aliphatic carbocycles. The lowest BCUT2D eigenvalue weighted by Crippen LogP contribution is -2.42. The van der Waals surface area contributed by atoms with Gasteiger partial charge in [-0.15, -0.1) is 0 Å². The summed E-state index contributed by atoms with van der Waals surface area (Å²) in [7, 11) is 0. The van der Waals surface area contributed by atoms with Gasteiger partial charge in [-0.1, -0.05) is 6.92 Å². The first kappa shape index (κ1) is 11.2. The number of esters is 1. The minimum atomic E-state index is -0.829. The summed E-state index contributed by atoms with van der Waals surface area (Å²) < 4.78 is 5.24. The zero-order valence-corrected chi connectivity index (χ0v) is 8.97. The largest absolute Gasteiger partial charge is 0.451 e. The van der Waals surface area contributed by atoms with E-state index in [4.69, 9.17) is 4.74 Å². The summed E-state index contributed by atoms with van der Waals surface area (Å²) in [5.41, 5.74) is -0.829. The molecule has 0 amide bonds. The van der Waals surface area contributed by atoms with E-state index in [1.807, 2.05) is 6.92 Å². The van der Waals surface area contributed by atoms with Crippen LogP contribution in [0.25, 0.3) is 0 Å². The quantitative estimate of drug-likeness (QED) is 0.653. The Balaban J connectivity index is 2.55. The monoisotopic (exact) mass is 198 g/mol. The van der Waals surface area contributed by atoms with Crippen molar-refractivity contribution < 1.29 is 14.3 Å². The van der Waals surface area contributed by atoms with Crippen LogP contribution < -0.4 is 0 Å². The summed E-state index contributed by atoms with van der Waals surface area (Å²) in [6.45, 7) is 3.66. The SMILES string of the molecule is CCCC(=O)OC1(C)CCCCC1=O. The van der Waals surface area contributed by atoms with Crippen molar-refractivity contribution in [3.8, 4) is 0 Å². The third-order valence-electron chi connectivity index (χ3n) is 2.69. The first-order valence-corrected chi connectivity index (χ1v) is 5.33. The summed E-state index contributed by atoms with van der Waals surface area (Å²) in [4.78, 5) is 22.9. The number of hydrogen-bond acceptors (Lipinski definition) is 3. The summed E-state index contributed by atoms with van der Waals surface area (Å²) >= 11 is 0. The van der Waals surface area contributed by atoms with Crippen molar-refractivity contribution >= 4 is 11.8 Å². The summed E-state index contributed by atoms with van der Waals surface area (Å²) in [5, 5.41) is 0. The minimum absolute atomic E-state index is 0.0770. The predicted octanol–water partition coefficient (Wildman–Crippen LogP) is 2.23. The molecular formula is C11H18O3. The Kier molecular flexibility index (Phi) is 3.67. The second kappa shape index (κ2) is 4.58. The number of rotatable bonds is 3. The van der Waals surface area contributed by atoms with Crippen molar-refractivity contribution in [2.45, 2.75) is 58.0 Å². The highest BCUT2D eigenvalue weighted by atomic mass is 16.6. The molecule has 1 saturated carbocycles. The third kappa shape index (κ3) is 2.56. The number of carbonyl (C=O) groups excluding carboxylic acids is 2. The van der Waals surface area contributed by atoms with E-state index in [1.165, 1.54) is 0 Å². The lowest BCUT2D eigenvalue weighted by molar-refractivity contribution is -0.168. The molecule has 3 nitrogen and oxygen atoms in total. The van der Waals surface area contributed by atoms with Gasteiger partial charge in [0.25, 0.3) is 0 Å². The van der Waals surface area contributed by atoms with Crippen molar-refractivity contribution in [2.24, 2.45) is 0 Å². The maximum Gasteiger partial charge on any atom is 0.306 e. The van der Waals surface area contributed by atoms with Gasteiger partial charge in [-0.3, -0.25) is 9.59 Å². The highest BCUT2D eigenvalue weighted by molar-refractivity contribution is 5.89. The molecule has 14 heavy (non-hydrogen) atoms. The van der Waals surface area contributed by atoms with Gasteiger partial charge in [0.15, 0.2) is 11.4 Å².